The monoisotopic (exact) mass is 943 g/mol. The molecule has 18 nitrogen and oxygen atoms in total. The zero-order valence-corrected chi connectivity index (χ0v) is 39.7. The smallest absolute Gasteiger partial charge is 0.187 e. The Kier molecular flexibility index (Phi) is 12.5. The minimum atomic E-state index is -1.88. The Labute approximate surface area is 387 Å². The van der Waals surface area contributed by atoms with Crippen LogP contribution in [-0.4, -0.2) is 192 Å². The van der Waals surface area contributed by atoms with E-state index >= 15 is 0 Å². The van der Waals surface area contributed by atoms with Crippen molar-refractivity contribution in [3.63, 3.8) is 0 Å². The molecule has 0 aromatic heterocycles. The molecule has 4 heterocycles. The van der Waals surface area contributed by atoms with Gasteiger partial charge in [-0.1, -0.05) is 60.6 Å². The number of aliphatic hydroxyl groups excluding tert-OH is 11. The number of fused-ring (bicyclic) bond motifs is 4. The molecule has 0 bridgehead atoms. The van der Waals surface area contributed by atoms with Crippen LogP contribution in [0.25, 0.3) is 0 Å². The number of hydrogen-bond acceptors (Lipinski definition) is 18. The van der Waals surface area contributed by atoms with Crippen LogP contribution in [0.4, 0.5) is 0 Å². The lowest BCUT2D eigenvalue weighted by Gasteiger charge is -2.71. The summed E-state index contributed by atoms with van der Waals surface area (Å²) in [6, 6.07) is 0. The van der Waals surface area contributed by atoms with Crippen molar-refractivity contribution < 1.29 is 89.3 Å². The quantitative estimate of drug-likeness (QED) is 0.0807. The number of epoxide rings is 1. The molecule has 5 aliphatic carbocycles. The Morgan fingerprint density at radius 3 is 1.77 bits per heavy atom. The van der Waals surface area contributed by atoms with E-state index in [9.17, 15) is 56.2 Å². The fourth-order valence-electron chi connectivity index (χ4n) is 15.7. The second-order valence-electron chi connectivity index (χ2n) is 24.0. The van der Waals surface area contributed by atoms with Crippen LogP contribution in [0.3, 0.4) is 0 Å². The van der Waals surface area contributed by atoms with E-state index in [-0.39, 0.29) is 45.5 Å². The number of allylic oxidation sites excluding steroid dienone is 1. The maximum absolute atomic E-state index is 12.2. The van der Waals surface area contributed by atoms with E-state index in [1.54, 1.807) is 6.92 Å². The molecule has 2 spiro atoms. The van der Waals surface area contributed by atoms with Gasteiger partial charge in [0.2, 0.25) is 0 Å². The normalized spacial score (nSPS) is 59.7. The first-order valence-corrected chi connectivity index (χ1v) is 24.4. The van der Waals surface area contributed by atoms with Gasteiger partial charge in [0.05, 0.1) is 38.1 Å². The second-order valence-corrected chi connectivity index (χ2v) is 24.0. The van der Waals surface area contributed by atoms with Crippen molar-refractivity contribution in [2.75, 3.05) is 19.8 Å². The first-order valence-electron chi connectivity index (χ1n) is 24.4. The number of rotatable bonds is 9. The second kappa shape index (κ2) is 16.5. The van der Waals surface area contributed by atoms with E-state index < -0.39 is 134 Å². The summed E-state index contributed by atoms with van der Waals surface area (Å²) in [6.45, 7) is 15.7. The Balaban J connectivity index is 1.03. The highest BCUT2D eigenvalue weighted by molar-refractivity contribution is 5.45. The molecule has 4 saturated carbocycles. The molecule has 0 aromatic rings. The highest BCUT2D eigenvalue weighted by Gasteiger charge is 2.90. The van der Waals surface area contributed by atoms with Crippen LogP contribution in [0.1, 0.15) is 107 Å². The summed E-state index contributed by atoms with van der Waals surface area (Å²) in [5, 5.41) is 120. The summed E-state index contributed by atoms with van der Waals surface area (Å²) >= 11 is 0. The molecule has 9 aliphatic rings. The molecular weight excluding hydrogens is 865 g/mol. The molecule has 9 rings (SSSR count). The van der Waals surface area contributed by atoms with Gasteiger partial charge in [-0.25, -0.2) is 0 Å². The molecule has 0 amide bonds. The molecule has 0 unspecified atom stereocenters. The molecule has 378 valence electrons. The first kappa shape index (κ1) is 50.0. The van der Waals surface area contributed by atoms with Crippen molar-refractivity contribution >= 4 is 0 Å². The Morgan fingerprint density at radius 2 is 1.20 bits per heavy atom. The SMILES string of the molecule is C[C@H]1O[C@@H](O[C@H]2CC[C@@]3(C)[C@@H](CC[C@]4(C)[C@@H]3C=C[C@]35O[C@]36CC(C)(C)CC[C@]6(C)[C@@H](O)C[C@]54C)[C@]2(C)CO)[C@H](O[C@@H]2O[C@H](CO)[C@@H](O)[C@H](O)[C@H]2O)[C@@H](O[C@@H]2O[C@H](CO)[C@@H](O)[C@H](O)[C@H]2O)[C@H]1O. The predicted molar refractivity (Wildman–Crippen MR) is 230 cm³/mol. The summed E-state index contributed by atoms with van der Waals surface area (Å²) in [5.74, 6) is -0.0338. The fourth-order valence-corrected chi connectivity index (χ4v) is 15.7. The predicted octanol–water partition coefficient (Wildman–Crippen LogP) is -0.256. The zero-order chi connectivity index (χ0) is 48.1. The van der Waals surface area contributed by atoms with E-state index in [2.05, 4.69) is 53.7 Å². The maximum atomic E-state index is 12.2. The average molecular weight is 943 g/mol. The third-order valence-corrected chi connectivity index (χ3v) is 20.1. The van der Waals surface area contributed by atoms with Crippen LogP contribution in [0.5, 0.6) is 0 Å². The highest BCUT2D eigenvalue weighted by atomic mass is 16.8. The van der Waals surface area contributed by atoms with Gasteiger partial charge in [0.15, 0.2) is 18.9 Å². The lowest BCUT2D eigenvalue weighted by molar-refractivity contribution is -0.398. The molecule has 11 N–H and O–H groups in total. The summed E-state index contributed by atoms with van der Waals surface area (Å²) in [4.78, 5) is 0. The molecule has 66 heavy (non-hydrogen) atoms. The van der Waals surface area contributed by atoms with Gasteiger partial charge < -0.3 is 89.3 Å². The average Bonchev–Trinajstić information content (AvgIpc) is 3.93. The van der Waals surface area contributed by atoms with Gasteiger partial charge in [0.25, 0.3) is 0 Å². The summed E-state index contributed by atoms with van der Waals surface area (Å²) < 4.78 is 44.4. The van der Waals surface area contributed by atoms with Crippen LogP contribution in [0.2, 0.25) is 0 Å². The summed E-state index contributed by atoms with van der Waals surface area (Å²) in [6.07, 6.45) is -14.6. The van der Waals surface area contributed by atoms with E-state index in [1.165, 1.54) is 0 Å². The number of aliphatic hydroxyl groups is 11. The van der Waals surface area contributed by atoms with Crippen LogP contribution >= 0.6 is 0 Å². The third-order valence-electron chi connectivity index (χ3n) is 20.1. The molecule has 4 saturated heterocycles. The van der Waals surface area contributed by atoms with Gasteiger partial charge in [-0.05, 0) is 86.4 Å². The fraction of sp³-hybridized carbons (Fsp3) is 0.958. The van der Waals surface area contributed by atoms with Gasteiger partial charge in [-0.3, -0.25) is 0 Å². The van der Waals surface area contributed by atoms with Crippen molar-refractivity contribution in [3.8, 4) is 0 Å². The number of hydrogen-bond donors (Lipinski definition) is 11. The topological polar surface area (TPSA) is 290 Å². The lowest BCUT2D eigenvalue weighted by atomic mass is 9.32. The maximum Gasteiger partial charge on any atom is 0.187 e. The van der Waals surface area contributed by atoms with Gasteiger partial charge in [-0.15, -0.1) is 0 Å². The minimum Gasteiger partial charge on any atom is -0.396 e. The molecule has 18 heteroatoms. The van der Waals surface area contributed by atoms with E-state index in [0.29, 0.717) is 19.3 Å². The molecule has 0 aromatic carbocycles. The molecular formula is C48H78O18. The van der Waals surface area contributed by atoms with Crippen molar-refractivity contribution in [1.82, 2.24) is 0 Å². The molecule has 0 radical (unpaired) electrons. The van der Waals surface area contributed by atoms with Gasteiger partial charge in [0, 0.05) is 16.2 Å². The first-order chi connectivity index (χ1) is 30.8. The number of ether oxygens (including phenoxy) is 7. The van der Waals surface area contributed by atoms with Crippen molar-refractivity contribution in [2.24, 2.45) is 44.3 Å². The zero-order valence-electron chi connectivity index (χ0n) is 39.7. The van der Waals surface area contributed by atoms with Crippen molar-refractivity contribution in [3.05, 3.63) is 12.2 Å². The van der Waals surface area contributed by atoms with E-state index in [4.69, 9.17) is 33.2 Å². The van der Waals surface area contributed by atoms with Crippen LogP contribution in [0, 0.1) is 44.3 Å². The third kappa shape index (κ3) is 6.71. The highest BCUT2D eigenvalue weighted by Crippen LogP contribution is 2.84. The van der Waals surface area contributed by atoms with Crippen LogP contribution in [0.15, 0.2) is 12.2 Å². The molecule has 4 aliphatic heterocycles. The Morgan fingerprint density at radius 1 is 0.606 bits per heavy atom. The minimum absolute atomic E-state index is 0.0558. The standard InChI is InChI=1S/C48H78O18/c1-22-29(53)36(64-38-34(58)32(56)30(54)23(18-49)61-38)37(65-39-35(59)33(57)31(55)24(19-50)62-39)40(60-22)63-28-11-12-42(4)25(43(28,5)21-51)9-13-44(6)26(42)10-14-47-46(44,8)17-27(52)45(7)16-15-41(2,3)20-48(45,47)66-47/h10,14,22-40,49-59H,9,11-13,15-21H2,1-8H3/t22-,23-,24-,25-,26-,27+,28+,29+,30-,31-,32+,33+,34-,35-,36+,37-,38+,39+,40+,42+,43+,44-,45-,46+,47-,48+/m1/s1. The largest absolute Gasteiger partial charge is 0.396 e. The Bertz CT molecular complexity index is 1840. The van der Waals surface area contributed by atoms with Crippen molar-refractivity contribution in [1.29, 1.82) is 0 Å². The van der Waals surface area contributed by atoms with Gasteiger partial charge >= 0.3 is 0 Å². The lowest BCUT2D eigenvalue weighted by Crippen LogP contribution is -2.71. The van der Waals surface area contributed by atoms with Gasteiger partial charge in [0.1, 0.15) is 78.3 Å². The molecule has 26 atom stereocenters. The van der Waals surface area contributed by atoms with E-state index in [0.717, 1.165) is 32.1 Å². The van der Waals surface area contributed by atoms with Crippen LogP contribution < -0.4 is 0 Å². The van der Waals surface area contributed by atoms with Crippen LogP contribution in [-0.2, 0) is 33.2 Å². The molecule has 8 fully saturated rings. The van der Waals surface area contributed by atoms with Crippen molar-refractivity contribution in [2.45, 2.75) is 222 Å². The van der Waals surface area contributed by atoms with Gasteiger partial charge in [-0.2, -0.15) is 0 Å². The Hall–Kier alpha value is -0.980. The summed E-state index contributed by atoms with van der Waals surface area (Å²) in [5.41, 5.74) is -3.17. The summed E-state index contributed by atoms with van der Waals surface area (Å²) in [7, 11) is 0. The van der Waals surface area contributed by atoms with E-state index in [1.807, 2.05) is 6.92 Å².